The van der Waals surface area contributed by atoms with Crippen LogP contribution in [-0.4, -0.2) is 16.0 Å². The molecule has 1 N–H and O–H groups in total. The summed E-state index contributed by atoms with van der Waals surface area (Å²) < 4.78 is 0. The Morgan fingerprint density at radius 1 is 1.00 bits per heavy atom. The quantitative estimate of drug-likeness (QED) is 0.548. The van der Waals surface area contributed by atoms with Crippen molar-refractivity contribution in [2.24, 2.45) is 0 Å². The molecule has 0 spiro atoms. The summed E-state index contributed by atoms with van der Waals surface area (Å²) >= 11 is 7.69. The Bertz CT molecular complexity index is 820. The highest BCUT2D eigenvalue weighted by atomic mass is 35.5. The zero-order valence-corrected chi connectivity index (χ0v) is 15.8. The Kier molecular flexibility index (Phi) is 5.95. The molecule has 128 valence electrons. The van der Waals surface area contributed by atoms with E-state index in [1.54, 1.807) is 11.8 Å². The second-order valence-electron chi connectivity index (χ2n) is 5.98. The van der Waals surface area contributed by atoms with Crippen LogP contribution < -0.4 is 5.32 Å². The van der Waals surface area contributed by atoms with Crippen LogP contribution in [0.2, 0.25) is 5.02 Å². The fraction of sp³-hybridized carbons (Fsp3) is 0.200. The largest absolute Gasteiger partial charge is 0.368 e. The van der Waals surface area contributed by atoms with Gasteiger partial charge in [-0.25, -0.2) is 9.97 Å². The van der Waals surface area contributed by atoms with Crippen molar-refractivity contribution >= 4 is 29.2 Å². The summed E-state index contributed by atoms with van der Waals surface area (Å²) in [6.45, 7) is 4.21. The van der Waals surface area contributed by atoms with Gasteiger partial charge in [0.2, 0.25) is 0 Å². The predicted molar refractivity (Wildman–Crippen MR) is 107 cm³/mol. The maximum atomic E-state index is 5.95. The van der Waals surface area contributed by atoms with Crippen LogP contribution in [-0.2, 0) is 5.75 Å². The smallest absolute Gasteiger partial charge is 0.161 e. The van der Waals surface area contributed by atoms with E-state index >= 15 is 0 Å². The number of hydrogen-bond donors (Lipinski definition) is 1. The van der Waals surface area contributed by atoms with Crippen LogP contribution >= 0.6 is 23.4 Å². The molecule has 3 rings (SSSR count). The zero-order chi connectivity index (χ0) is 17.6. The van der Waals surface area contributed by atoms with E-state index in [2.05, 4.69) is 24.1 Å². The molecule has 0 saturated carbocycles. The van der Waals surface area contributed by atoms with Crippen molar-refractivity contribution in [3.05, 3.63) is 71.4 Å². The molecule has 0 radical (unpaired) electrons. The standard InChI is InChI=1S/C20H20ClN3S/c1-14(2)22-19-12-17(13-25-18-10-8-16(21)9-11-18)23-20(24-19)15-6-4-3-5-7-15/h3-12,14H,13H2,1-2H3,(H,22,23,24). The number of benzene rings is 2. The van der Waals surface area contributed by atoms with Crippen molar-refractivity contribution in [2.75, 3.05) is 5.32 Å². The van der Waals surface area contributed by atoms with E-state index < -0.39 is 0 Å². The maximum absolute atomic E-state index is 5.95. The topological polar surface area (TPSA) is 37.8 Å². The van der Waals surface area contributed by atoms with Crippen molar-refractivity contribution in [3.63, 3.8) is 0 Å². The van der Waals surface area contributed by atoms with Gasteiger partial charge in [-0.3, -0.25) is 0 Å². The van der Waals surface area contributed by atoms with Crippen LogP contribution in [0.3, 0.4) is 0 Å². The number of thioether (sulfide) groups is 1. The minimum Gasteiger partial charge on any atom is -0.368 e. The van der Waals surface area contributed by atoms with E-state index in [4.69, 9.17) is 16.6 Å². The molecule has 0 amide bonds. The predicted octanol–water partition coefficient (Wildman–Crippen LogP) is 5.91. The molecule has 1 aromatic heterocycles. The highest BCUT2D eigenvalue weighted by molar-refractivity contribution is 7.98. The average molecular weight is 370 g/mol. The van der Waals surface area contributed by atoms with E-state index in [0.29, 0.717) is 6.04 Å². The van der Waals surface area contributed by atoms with Crippen LogP contribution in [0.5, 0.6) is 0 Å². The summed E-state index contributed by atoms with van der Waals surface area (Å²) in [6.07, 6.45) is 0. The summed E-state index contributed by atoms with van der Waals surface area (Å²) in [7, 11) is 0. The monoisotopic (exact) mass is 369 g/mol. The van der Waals surface area contributed by atoms with Gasteiger partial charge in [-0.2, -0.15) is 0 Å². The molecular weight excluding hydrogens is 350 g/mol. The summed E-state index contributed by atoms with van der Waals surface area (Å²) in [4.78, 5) is 10.6. The summed E-state index contributed by atoms with van der Waals surface area (Å²) in [5.41, 5.74) is 2.02. The SMILES string of the molecule is CC(C)Nc1cc(CSc2ccc(Cl)cc2)nc(-c2ccccc2)n1. The van der Waals surface area contributed by atoms with E-state index in [0.717, 1.165) is 33.7 Å². The Morgan fingerprint density at radius 2 is 1.72 bits per heavy atom. The number of hydrogen-bond acceptors (Lipinski definition) is 4. The van der Waals surface area contributed by atoms with E-state index in [1.165, 1.54) is 4.90 Å². The molecule has 0 fully saturated rings. The number of aromatic nitrogens is 2. The van der Waals surface area contributed by atoms with Crippen LogP contribution in [0.15, 0.2) is 65.6 Å². The molecule has 0 aliphatic carbocycles. The first-order valence-electron chi connectivity index (χ1n) is 8.18. The zero-order valence-electron chi connectivity index (χ0n) is 14.2. The van der Waals surface area contributed by atoms with Gasteiger partial charge in [0.05, 0.1) is 5.69 Å². The van der Waals surface area contributed by atoms with Gasteiger partial charge in [0.1, 0.15) is 5.82 Å². The molecule has 3 aromatic rings. The van der Waals surface area contributed by atoms with Crippen LogP contribution in [0.25, 0.3) is 11.4 Å². The first-order chi connectivity index (χ1) is 12.1. The molecule has 25 heavy (non-hydrogen) atoms. The fourth-order valence-corrected chi connectivity index (χ4v) is 3.26. The van der Waals surface area contributed by atoms with Crippen LogP contribution in [0.4, 0.5) is 5.82 Å². The second-order valence-corrected chi connectivity index (χ2v) is 7.46. The molecule has 0 saturated heterocycles. The van der Waals surface area contributed by atoms with Crippen molar-refractivity contribution in [3.8, 4) is 11.4 Å². The molecule has 0 aliphatic rings. The molecule has 1 heterocycles. The van der Waals surface area contributed by atoms with Gasteiger partial charge >= 0.3 is 0 Å². The Morgan fingerprint density at radius 3 is 2.40 bits per heavy atom. The lowest BCUT2D eigenvalue weighted by Crippen LogP contribution is -2.12. The molecular formula is C20H20ClN3S. The van der Waals surface area contributed by atoms with Crippen molar-refractivity contribution in [2.45, 2.75) is 30.5 Å². The fourth-order valence-electron chi connectivity index (χ4n) is 2.35. The number of nitrogens with one attached hydrogen (secondary N) is 1. The van der Waals surface area contributed by atoms with E-state index in [1.807, 2.05) is 60.7 Å². The third kappa shape index (κ3) is 5.21. The highest BCUT2D eigenvalue weighted by Crippen LogP contribution is 2.26. The first-order valence-corrected chi connectivity index (χ1v) is 9.55. The van der Waals surface area contributed by atoms with Gasteiger partial charge in [0, 0.05) is 33.3 Å². The van der Waals surface area contributed by atoms with Crippen molar-refractivity contribution in [1.29, 1.82) is 0 Å². The first kappa shape index (κ1) is 17.8. The Balaban J connectivity index is 1.85. The van der Waals surface area contributed by atoms with Gasteiger partial charge < -0.3 is 5.32 Å². The molecule has 0 aliphatic heterocycles. The minimum atomic E-state index is 0.315. The highest BCUT2D eigenvalue weighted by Gasteiger charge is 2.08. The second kappa shape index (κ2) is 8.37. The molecule has 3 nitrogen and oxygen atoms in total. The third-order valence-electron chi connectivity index (χ3n) is 3.45. The summed E-state index contributed by atoms with van der Waals surface area (Å²) in [6, 6.07) is 20.3. The lowest BCUT2D eigenvalue weighted by atomic mass is 10.2. The lowest BCUT2D eigenvalue weighted by Gasteiger charge is -2.12. The van der Waals surface area contributed by atoms with Crippen molar-refractivity contribution in [1.82, 2.24) is 9.97 Å². The van der Waals surface area contributed by atoms with Crippen LogP contribution in [0, 0.1) is 0 Å². The number of nitrogens with zero attached hydrogens (tertiary/aromatic N) is 2. The van der Waals surface area contributed by atoms with Gasteiger partial charge in [-0.1, -0.05) is 41.9 Å². The minimum absolute atomic E-state index is 0.315. The van der Waals surface area contributed by atoms with E-state index in [-0.39, 0.29) is 0 Å². The normalized spacial score (nSPS) is 10.9. The van der Waals surface area contributed by atoms with Crippen LogP contribution in [0.1, 0.15) is 19.5 Å². The average Bonchev–Trinajstić information content (AvgIpc) is 2.61. The number of rotatable bonds is 6. The third-order valence-corrected chi connectivity index (χ3v) is 4.75. The summed E-state index contributed by atoms with van der Waals surface area (Å²) in [5, 5.41) is 4.13. The molecule has 2 aromatic carbocycles. The molecule has 0 atom stereocenters. The molecule has 0 unspecified atom stereocenters. The lowest BCUT2D eigenvalue weighted by molar-refractivity contribution is 0.885. The van der Waals surface area contributed by atoms with Gasteiger partial charge in [-0.05, 0) is 38.1 Å². The van der Waals surface area contributed by atoms with Gasteiger partial charge in [0.15, 0.2) is 5.82 Å². The number of halogens is 1. The van der Waals surface area contributed by atoms with Gasteiger partial charge in [0.25, 0.3) is 0 Å². The van der Waals surface area contributed by atoms with Crippen molar-refractivity contribution < 1.29 is 0 Å². The molecule has 5 heteroatoms. The Labute approximate surface area is 157 Å². The number of anilines is 1. The summed E-state index contributed by atoms with van der Waals surface area (Å²) in [5.74, 6) is 2.38. The maximum Gasteiger partial charge on any atom is 0.161 e. The Hall–Kier alpha value is -2.04. The van der Waals surface area contributed by atoms with Gasteiger partial charge in [-0.15, -0.1) is 11.8 Å². The van der Waals surface area contributed by atoms with E-state index in [9.17, 15) is 0 Å². The molecule has 0 bridgehead atoms.